The van der Waals surface area contributed by atoms with E-state index in [1.807, 2.05) is 0 Å². The molecule has 1 rings (SSSR count). The van der Waals surface area contributed by atoms with Crippen LogP contribution in [0.25, 0.3) is 0 Å². The molecule has 0 radical (unpaired) electrons. The Bertz CT molecular complexity index is 448. The third kappa shape index (κ3) is 4.84. The number of aromatic nitrogens is 3. The lowest BCUT2D eigenvalue weighted by molar-refractivity contribution is -0.133. The van der Waals surface area contributed by atoms with Crippen molar-refractivity contribution in [2.24, 2.45) is 0 Å². The number of hydrogen-bond acceptors (Lipinski definition) is 5. The molecule has 18 heavy (non-hydrogen) atoms. The summed E-state index contributed by atoms with van der Waals surface area (Å²) < 4.78 is 29.3. The summed E-state index contributed by atoms with van der Waals surface area (Å²) in [6.45, 7) is -0.751. The van der Waals surface area contributed by atoms with Crippen LogP contribution in [-0.2, 0) is 16.1 Å². The van der Waals surface area contributed by atoms with Gasteiger partial charge in [0.05, 0.1) is 18.9 Å². The largest absolute Gasteiger partial charge is 0.481 e. The fourth-order valence-electron chi connectivity index (χ4n) is 1.07. The Morgan fingerprint density at radius 2 is 2.33 bits per heavy atom. The van der Waals surface area contributed by atoms with Crippen LogP contribution in [0.15, 0.2) is 9.95 Å². The van der Waals surface area contributed by atoms with E-state index in [-0.39, 0.29) is 24.1 Å². The maximum absolute atomic E-state index is 11.8. The van der Waals surface area contributed by atoms with Gasteiger partial charge in [-0.25, -0.2) is 18.7 Å². The fourth-order valence-corrected chi connectivity index (χ4v) is 1.76. The number of nitrogens with zero attached hydrogens (tertiary/aromatic N) is 2. The van der Waals surface area contributed by atoms with E-state index >= 15 is 0 Å². The molecule has 0 saturated carbocycles. The van der Waals surface area contributed by atoms with Crippen molar-refractivity contribution in [2.45, 2.75) is 18.1 Å². The second kappa shape index (κ2) is 7.11. The monoisotopic (exact) mass is 283 g/mol. The smallest absolute Gasteiger partial charge is 0.344 e. The van der Waals surface area contributed by atoms with E-state index in [1.54, 1.807) is 0 Å². The Hall–Kier alpha value is -1.42. The summed E-state index contributed by atoms with van der Waals surface area (Å²) in [6.07, 6.45) is -2.56. The molecule has 1 heterocycles. The SMILES string of the molecule is O=C(O)CSc1n[nH]c(=O)n1CCOCC(F)F. The molecule has 0 unspecified atom stereocenters. The van der Waals surface area contributed by atoms with E-state index in [0.717, 1.165) is 16.3 Å². The molecule has 0 spiro atoms. The van der Waals surface area contributed by atoms with E-state index in [9.17, 15) is 18.4 Å². The van der Waals surface area contributed by atoms with Crippen LogP contribution in [0.1, 0.15) is 0 Å². The molecule has 2 N–H and O–H groups in total. The van der Waals surface area contributed by atoms with E-state index in [1.165, 1.54) is 0 Å². The molecule has 1 aromatic rings. The lowest BCUT2D eigenvalue weighted by Gasteiger charge is -2.05. The number of carboxylic acid groups (broad SMARTS) is 1. The quantitative estimate of drug-likeness (QED) is 0.516. The maximum atomic E-state index is 11.8. The lowest BCUT2D eigenvalue weighted by atomic mass is 10.6. The zero-order valence-electron chi connectivity index (χ0n) is 9.14. The van der Waals surface area contributed by atoms with Crippen molar-refractivity contribution < 1.29 is 23.4 Å². The number of thioether (sulfide) groups is 1. The van der Waals surface area contributed by atoms with Gasteiger partial charge >= 0.3 is 11.7 Å². The number of nitrogens with one attached hydrogen (secondary N) is 1. The summed E-state index contributed by atoms with van der Waals surface area (Å²) in [4.78, 5) is 21.7. The minimum atomic E-state index is -2.56. The molecule has 7 nitrogen and oxygen atoms in total. The van der Waals surface area contributed by atoms with Gasteiger partial charge in [-0.2, -0.15) is 0 Å². The molecular formula is C8H11F2N3O4S. The first-order valence-electron chi connectivity index (χ1n) is 4.86. The molecule has 0 saturated heterocycles. The van der Waals surface area contributed by atoms with Crippen molar-refractivity contribution in [2.75, 3.05) is 19.0 Å². The van der Waals surface area contributed by atoms with E-state index in [0.29, 0.717) is 0 Å². The number of carbonyl (C=O) groups is 1. The van der Waals surface area contributed by atoms with Gasteiger partial charge < -0.3 is 9.84 Å². The van der Waals surface area contributed by atoms with E-state index in [4.69, 9.17) is 5.11 Å². The number of hydrogen-bond donors (Lipinski definition) is 2. The molecule has 0 bridgehead atoms. The second-order valence-corrected chi connectivity index (χ2v) is 4.05. The Morgan fingerprint density at radius 1 is 1.61 bits per heavy atom. The third-order valence-corrected chi connectivity index (χ3v) is 2.71. The molecule has 0 aromatic carbocycles. The highest BCUT2D eigenvalue weighted by Crippen LogP contribution is 2.12. The van der Waals surface area contributed by atoms with Gasteiger partial charge in [0, 0.05) is 0 Å². The molecule has 10 heteroatoms. The van der Waals surface area contributed by atoms with Crippen molar-refractivity contribution in [1.29, 1.82) is 0 Å². The van der Waals surface area contributed by atoms with Crippen LogP contribution in [0, 0.1) is 0 Å². The average Bonchev–Trinajstić information content (AvgIpc) is 2.63. The van der Waals surface area contributed by atoms with Gasteiger partial charge in [0.15, 0.2) is 5.16 Å². The van der Waals surface area contributed by atoms with Gasteiger partial charge in [0.1, 0.15) is 6.61 Å². The topological polar surface area (TPSA) is 97.2 Å². The standard InChI is InChI=1S/C8H11F2N3O4S/c9-5(10)3-17-2-1-13-7(16)11-12-8(13)18-4-6(14)15/h5H,1-4H2,(H,11,16)(H,14,15). The van der Waals surface area contributed by atoms with Gasteiger partial charge in [-0.1, -0.05) is 11.8 Å². The van der Waals surface area contributed by atoms with Crippen LogP contribution in [-0.4, -0.2) is 51.2 Å². The number of carboxylic acids is 1. The molecule has 0 amide bonds. The lowest BCUT2D eigenvalue weighted by Crippen LogP contribution is -2.21. The number of aromatic amines is 1. The highest BCUT2D eigenvalue weighted by molar-refractivity contribution is 7.99. The molecule has 0 atom stereocenters. The van der Waals surface area contributed by atoms with Crippen LogP contribution in [0.4, 0.5) is 8.78 Å². The zero-order valence-corrected chi connectivity index (χ0v) is 9.95. The van der Waals surface area contributed by atoms with Gasteiger partial charge in [-0.15, -0.1) is 5.10 Å². The maximum Gasteiger partial charge on any atom is 0.344 e. The summed E-state index contributed by atoms with van der Waals surface area (Å²) in [6, 6.07) is 0. The van der Waals surface area contributed by atoms with Crippen LogP contribution in [0.2, 0.25) is 0 Å². The van der Waals surface area contributed by atoms with Gasteiger partial charge in [0.2, 0.25) is 0 Å². The first-order valence-corrected chi connectivity index (χ1v) is 5.85. The Kier molecular flexibility index (Phi) is 5.78. The number of rotatable bonds is 8. The summed E-state index contributed by atoms with van der Waals surface area (Å²) in [5, 5.41) is 14.5. The normalized spacial score (nSPS) is 11.1. The van der Waals surface area contributed by atoms with Crippen LogP contribution in [0.5, 0.6) is 0 Å². The van der Waals surface area contributed by atoms with E-state index < -0.39 is 24.7 Å². The molecule has 1 aromatic heterocycles. The van der Waals surface area contributed by atoms with Crippen molar-refractivity contribution in [1.82, 2.24) is 14.8 Å². The van der Waals surface area contributed by atoms with Crippen molar-refractivity contribution in [3.63, 3.8) is 0 Å². The predicted molar refractivity (Wildman–Crippen MR) is 58.0 cm³/mol. The number of alkyl halides is 2. The number of aliphatic carboxylic acids is 1. The van der Waals surface area contributed by atoms with Crippen molar-refractivity contribution in [3.8, 4) is 0 Å². The number of H-pyrrole nitrogens is 1. The molecule has 0 aliphatic heterocycles. The van der Waals surface area contributed by atoms with Crippen molar-refractivity contribution in [3.05, 3.63) is 10.5 Å². The number of ether oxygens (including phenoxy) is 1. The first-order chi connectivity index (χ1) is 8.50. The summed E-state index contributed by atoms with van der Waals surface area (Å²) in [7, 11) is 0. The summed E-state index contributed by atoms with van der Waals surface area (Å²) >= 11 is 0.858. The fraction of sp³-hybridized carbons (Fsp3) is 0.625. The summed E-state index contributed by atoms with van der Waals surface area (Å²) in [5.41, 5.74) is -0.538. The minimum Gasteiger partial charge on any atom is -0.481 e. The first kappa shape index (κ1) is 14.6. The third-order valence-electron chi connectivity index (χ3n) is 1.75. The Labute approximate surface area is 104 Å². The van der Waals surface area contributed by atoms with Crippen LogP contribution >= 0.6 is 11.8 Å². The van der Waals surface area contributed by atoms with Gasteiger partial charge in [-0.05, 0) is 0 Å². The zero-order chi connectivity index (χ0) is 13.5. The highest BCUT2D eigenvalue weighted by Gasteiger charge is 2.11. The highest BCUT2D eigenvalue weighted by atomic mass is 32.2. The molecule has 0 fully saturated rings. The van der Waals surface area contributed by atoms with Crippen LogP contribution in [0.3, 0.4) is 0 Å². The molecule has 0 aliphatic rings. The summed E-state index contributed by atoms with van der Waals surface area (Å²) in [5.74, 6) is -1.29. The second-order valence-electron chi connectivity index (χ2n) is 3.11. The molecule has 0 aliphatic carbocycles. The Balaban J connectivity index is 2.50. The van der Waals surface area contributed by atoms with E-state index in [2.05, 4.69) is 14.9 Å². The van der Waals surface area contributed by atoms with Gasteiger partial charge in [0.25, 0.3) is 6.43 Å². The minimum absolute atomic E-state index is 0.0318. The van der Waals surface area contributed by atoms with Crippen LogP contribution < -0.4 is 5.69 Å². The molecular weight excluding hydrogens is 272 g/mol. The Morgan fingerprint density at radius 3 is 2.94 bits per heavy atom. The average molecular weight is 283 g/mol. The molecule has 102 valence electrons. The van der Waals surface area contributed by atoms with Crippen molar-refractivity contribution >= 4 is 17.7 Å². The van der Waals surface area contributed by atoms with Gasteiger partial charge in [-0.3, -0.25) is 9.36 Å². The number of halogens is 2. The predicted octanol–water partition coefficient (Wildman–Crippen LogP) is 0.0298.